The number of rotatable bonds is 4. The Bertz CT molecular complexity index is 602. The number of halogens is 1. The van der Waals surface area contributed by atoms with E-state index in [4.69, 9.17) is 0 Å². The van der Waals surface area contributed by atoms with Gasteiger partial charge in [0, 0.05) is 25.3 Å². The molecule has 0 spiro atoms. The molecule has 2 aliphatic rings. The topological polar surface area (TPSA) is 51.8 Å². The van der Waals surface area contributed by atoms with E-state index in [-0.39, 0.29) is 0 Å². The molecule has 106 valence electrons. The minimum Gasteiger partial charge on any atom is -0.313 e. The third kappa shape index (κ3) is 2.40. The van der Waals surface area contributed by atoms with Gasteiger partial charge in [-0.2, -0.15) is 5.10 Å². The molecule has 1 aliphatic carbocycles. The van der Waals surface area contributed by atoms with Crippen molar-refractivity contribution in [1.29, 1.82) is 0 Å². The van der Waals surface area contributed by atoms with E-state index in [2.05, 4.69) is 51.6 Å². The first kappa shape index (κ1) is 12.5. The van der Waals surface area contributed by atoms with Crippen LogP contribution in [0.25, 0.3) is 0 Å². The number of hydrogen-bond donors (Lipinski definition) is 0. The van der Waals surface area contributed by atoms with Crippen molar-refractivity contribution >= 4 is 15.9 Å². The van der Waals surface area contributed by atoms with Gasteiger partial charge in [0.2, 0.25) is 0 Å². The number of aromatic nitrogens is 5. The minimum absolute atomic E-state index is 0.471. The van der Waals surface area contributed by atoms with Crippen LogP contribution < -0.4 is 0 Å². The molecule has 1 aliphatic heterocycles. The average molecular weight is 337 g/mol. The van der Waals surface area contributed by atoms with Gasteiger partial charge in [0.25, 0.3) is 0 Å². The summed E-state index contributed by atoms with van der Waals surface area (Å²) in [6.07, 6.45) is 9.48. The molecule has 1 saturated carbocycles. The van der Waals surface area contributed by atoms with E-state index in [1.165, 1.54) is 12.8 Å². The molecule has 7 heteroatoms. The lowest BCUT2D eigenvalue weighted by Crippen LogP contribution is -2.23. The summed E-state index contributed by atoms with van der Waals surface area (Å²) in [5.41, 5.74) is 0. The van der Waals surface area contributed by atoms with Crippen molar-refractivity contribution < 1.29 is 0 Å². The van der Waals surface area contributed by atoms with Gasteiger partial charge in [-0.1, -0.05) is 0 Å². The third-order valence-electron chi connectivity index (χ3n) is 4.14. The molecular weight excluding hydrogens is 320 g/mol. The number of hydrogen-bond acceptors (Lipinski definition) is 4. The van der Waals surface area contributed by atoms with Gasteiger partial charge >= 0.3 is 0 Å². The first-order valence-corrected chi connectivity index (χ1v) is 7.89. The fourth-order valence-electron chi connectivity index (χ4n) is 2.92. The Morgan fingerprint density at radius 2 is 2.15 bits per heavy atom. The van der Waals surface area contributed by atoms with E-state index in [1.807, 2.05) is 12.5 Å². The van der Waals surface area contributed by atoms with Crippen LogP contribution in [0.15, 0.2) is 23.2 Å². The van der Waals surface area contributed by atoms with Crippen LogP contribution in [0.2, 0.25) is 0 Å². The molecule has 0 bridgehead atoms. The Labute approximate surface area is 125 Å². The molecule has 0 aromatic carbocycles. The maximum Gasteiger partial charge on any atom is 0.147 e. The molecule has 20 heavy (non-hydrogen) atoms. The first-order chi connectivity index (χ1) is 9.79. The van der Waals surface area contributed by atoms with E-state index < -0.39 is 0 Å². The zero-order chi connectivity index (χ0) is 13.5. The van der Waals surface area contributed by atoms with Gasteiger partial charge in [0.05, 0.1) is 23.3 Å². The predicted molar refractivity (Wildman–Crippen MR) is 77.2 cm³/mol. The van der Waals surface area contributed by atoms with Crippen LogP contribution >= 0.6 is 15.9 Å². The van der Waals surface area contributed by atoms with Crippen LogP contribution in [-0.4, -0.2) is 42.5 Å². The summed E-state index contributed by atoms with van der Waals surface area (Å²) in [5, 5.41) is 12.7. The van der Waals surface area contributed by atoms with Gasteiger partial charge in [0.15, 0.2) is 0 Å². The second kappa shape index (κ2) is 4.96. The molecule has 2 aromatic heterocycles. The lowest BCUT2D eigenvalue weighted by Gasteiger charge is -2.16. The molecule has 0 amide bonds. The van der Waals surface area contributed by atoms with E-state index in [0.717, 1.165) is 36.4 Å². The van der Waals surface area contributed by atoms with E-state index in [9.17, 15) is 0 Å². The summed E-state index contributed by atoms with van der Waals surface area (Å²) in [4.78, 5) is 2.45. The van der Waals surface area contributed by atoms with Crippen LogP contribution in [0.1, 0.15) is 37.2 Å². The van der Waals surface area contributed by atoms with E-state index in [0.29, 0.717) is 12.1 Å². The average Bonchev–Trinajstić information content (AvgIpc) is 2.87. The highest BCUT2D eigenvalue weighted by molar-refractivity contribution is 9.10. The highest BCUT2D eigenvalue weighted by Crippen LogP contribution is 2.35. The normalized spacial score (nSPS) is 23.6. The van der Waals surface area contributed by atoms with Gasteiger partial charge in [0.1, 0.15) is 12.2 Å². The first-order valence-electron chi connectivity index (χ1n) is 7.10. The summed E-state index contributed by atoms with van der Waals surface area (Å²) in [6, 6.07) is 1.12. The standard InChI is InChI=1S/C13H17BrN6/c14-10-5-16-20(6-10)12-3-4-18(7-12)8-13-17-15-9-19(13)11-1-2-11/h5-6,9,11-12H,1-4,7-8H2. The molecule has 2 fully saturated rings. The molecule has 4 rings (SSSR count). The Morgan fingerprint density at radius 3 is 2.90 bits per heavy atom. The van der Waals surface area contributed by atoms with Crippen LogP contribution in [0, 0.1) is 0 Å². The fourth-order valence-corrected chi connectivity index (χ4v) is 3.23. The molecule has 2 aromatic rings. The Morgan fingerprint density at radius 1 is 1.25 bits per heavy atom. The monoisotopic (exact) mass is 336 g/mol. The molecule has 0 radical (unpaired) electrons. The molecule has 6 nitrogen and oxygen atoms in total. The van der Waals surface area contributed by atoms with Gasteiger partial charge in [-0.05, 0) is 35.2 Å². The van der Waals surface area contributed by atoms with Crippen molar-refractivity contribution in [3.8, 4) is 0 Å². The molecule has 3 heterocycles. The van der Waals surface area contributed by atoms with Crippen molar-refractivity contribution in [2.24, 2.45) is 0 Å². The fraction of sp³-hybridized carbons (Fsp3) is 0.615. The quantitative estimate of drug-likeness (QED) is 0.857. The zero-order valence-corrected chi connectivity index (χ0v) is 12.8. The minimum atomic E-state index is 0.471. The van der Waals surface area contributed by atoms with E-state index >= 15 is 0 Å². The number of likely N-dealkylation sites (tertiary alicyclic amines) is 1. The Kier molecular flexibility index (Phi) is 3.11. The smallest absolute Gasteiger partial charge is 0.147 e. The summed E-state index contributed by atoms with van der Waals surface area (Å²) >= 11 is 3.46. The van der Waals surface area contributed by atoms with Crippen LogP contribution in [0.3, 0.4) is 0 Å². The van der Waals surface area contributed by atoms with E-state index in [1.54, 1.807) is 0 Å². The summed E-state index contributed by atoms with van der Waals surface area (Å²) < 4.78 is 5.36. The largest absolute Gasteiger partial charge is 0.313 e. The SMILES string of the molecule is Brc1cnn(C2CCN(Cc3nncn3C3CC3)C2)c1. The molecule has 1 saturated heterocycles. The molecular formula is C13H17BrN6. The predicted octanol–water partition coefficient (Wildman–Crippen LogP) is 2.02. The number of nitrogens with zero attached hydrogens (tertiary/aromatic N) is 6. The van der Waals surface area contributed by atoms with Crippen molar-refractivity contribution in [2.75, 3.05) is 13.1 Å². The van der Waals surface area contributed by atoms with Crippen LogP contribution in [-0.2, 0) is 6.54 Å². The maximum atomic E-state index is 4.39. The van der Waals surface area contributed by atoms with Gasteiger partial charge < -0.3 is 4.57 Å². The van der Waals surface area contributed by atoms with Crippen molar-refractivity contribution in [1.82, 2.24) is 29.4 Å². The summed E-state index contributed by atoms with van der Waals surface area (Å²) in [6.45, 7) is 3.03. The maximum absolute atomic E-state index is 4.39. The lowest BCUT2D eigenvalue weighted by atomic mass is 10.3. The highest BCUT2D eigenvalue weighted by atomic mass is 79.9. The van der Waals surface area contributed by atoms with Crippen LogP contribution in [0.4, 0.5) is 0 Å². The van der Waals surface area contributed by atoms with Crippen LogP contribution in [0.5, 0.6) is 0 Å². The summed E-state index contributed by atoms with van der Waals surface area (Å²) in [7, 11) is 0. The van der Waals surface area contributed by atoms with Crippen molar-refractivity contribution in [3.05, 3.63) is 29.0 Å². The van der Waals surface area contributed by atoms with Crippen molar-refractivity contribution in [2.45, 2.75) is 37.9 Å². The van der Waals surface area contributed by atoms with Crippen molar-refractivity contribution in [3.63, 3.8) is 0 Å². The molecule has 1 unspecified atom stereocenters. The van der Waals surface area contributed by atoms with Gasteiger partial charge in [-0.15, -0.1) is 10.2 Å². The summed E-state index contributed by atoms with van der Waals surface area (Å²) in [5.74, 6) is 1.11. The third-order valence-corrected chi connectivity index (χ3v) is 4.55. The second-order valence-corrected chi connectivity index (χ2v) is 6.62. The lowest BCUT2D eigenvalue weighted by molar-refractivity contribution is 0.298. The Balaban J connectivity index is 1.42. The Hall–Kier alpha value is -1.21. The van der Waals surface area contributed by atoms with Gasteiger partial charge in [-0.3, -0.25) is 9.58 Å². The highest BCUT2D eigenvalue weighted by Gasteiger charge is 2.29. The molecule has 1 atom stereocenters. The zero-order valence-electron chi connectivity index (χ0n) is 11.2. The second-order valence-electron chi connectivity index (χ2n) is 5.70. The van der Waals surface area contributed by atoms with Gasteiger partial charge in [-0.25, -0.2) is 0 Å². The molecule has 0 N–H and O–H groups in total.